The van der Waals surface area contributed by atoms with E-state index in [1.54, 1.807) is 30.3 Å². The zero-order valence-electron chi connectivity index (χ0n) is 9.04. The molecule has 0 amide bonds. The molecule has 1 aromatic rings. The standard InChI is InChI=1S/C12H12O5/c13-11(14)10-9(6-7-16-10)17-12(15)8-4-2-1-3-5-8/h1-5,9-10H,6-7H2,(H,13,14)/t9-,10+/m0/s1. The number of hydrogen-bond donors (Lipinski definition) is 1. The summed E-state index contributed by atoms with van der Waals surface area (Å²) >= 11 is 0. The molecule has 0 unspecified atom stereocenters. The fraction of sp³-hybridized carbons (Fsp3) is 0.333. The highest BCUT2D eigenvalue weighted by atomic mass is 16.6. The first-order chi connectivity index (χ1) is 8.18. The van der Waals surface area contributed by atoms with Crippen LogP contribution >= 0.6 is 0 Å². The Morgan fingerprint density at radius 2 is 2.00 bits per heavy atom. The van der Waals surface area contributed by atoms with Gasteiger partial charge in [-0.2, -0.15) is 0 Å². The van der Waals surface area contributed by atoms with Crippen molar-refractivity contribution in [3.05, 3.63) is 35.9 Å². The third-order valence-electron chi connectivity index (χ3n) is 2.55. The van der Waals surface area contributed by atoms with Crippen LogP contribution in [0.25, 0.3) is 0 Å². The highest BCUT2D eigenvalue weighted by molar-refractivity contribution is 5.89. The fourth-order valence-electron chi connectivity index (χ4n) is 1.70. The molecule has 1 aromatic carbocycles. The van der Waals surface area contributed by atoms with Crippen LogP contribution in [0, 0.1) is 0 Å². The van der Waals surface area contributed by atoms with Gasteiger partial charge in [0.1, 0.15) is 6.10 Å². The summed E-state index contributed by atoms with van der Waals surface area (Å²) in [5.41, 5.74) is 0.406. The van der Waals surface area contributed by atoms with E-state index in [1.807, 2.05) is 0 Å². The van der Waals surface area contributed by atoms with E-state index in [2.05, 4.69) is 0 Å². The summed E-state index contributed by atoms with van der Waals surface area (Å²) in [6.07, 6.45) is -1.35. The van der Waals surface area contributed by atoms with Gasteiger partial charge in [0.25, 0.3) is 0 Å². The smallest absolute Gasteiger partial charge is 0.338 e. The molecule has 0 radical (unpaired) electrons. The zero-order chi connectivity index (χ0) is 12.3. The first-order valence-corrected chi connectivity index (χ1v) is 5.29. The average molecular weight is 236 g/mol. The van der Waals surface area contributed by atoms with E-state index in [4.69, 9.17) is 14.6 Å². The molecule has 0 aliphatic carbocycles. The summed E-state index contributed by atoms with van der Waals surface area (Å²) in [4.78, 5) is 22.5. The van der Waals surface area contributed by atoms with Gasteiger partial charge in [-0.25, -0.2) is 9.59 Å². The van der Waals surface area contributed by atoms with E-state index in [-0.39, 0.29) is 0 Å². The van der Waals surface area contributed by atoms with E-state index in [9.17, 15) is 9.59 Å². The molecule has 0 spiro atoms. The number of carboxylic acids is 1. The topological polar surface area (TPSA) is 72.8 Å². The molecule has 5 nitrogen and oxygen atoms in total. The van der Waals surface area contributed by atoms with Crippen LogP contribution in [0.5, 0.6) is 0 Å². The Hall–Kier alpha value is -1.88. The third kappa shape index (κ3) is 2.62. The van der Waals surface area contributed by atoms with Crippen molar-refractivity contribution in [2.45, 2.75) is 18.6 Å². The Morgan fingerprint density at radius 3 is 2.65 bits per heavy atom. The van der Waals surface area contributed by atoms with Gasteiger partial charge in [-0.3, -0.25) is 0 Å². The van der Waals surface area contributed by atoms with Crippen LogP contribution in [-0.4, -0.2) is 35.9 Å². The molecule has 1 heterocycles. The Labute approximate surface area is 98.0 Å². The number of benzene rings is 1. The summed E-state index contributed by atoms with van der Waals surface area (Å²) in [6, 6.07) is 8.46. The van der Waals surface area contributed by atoms with E-state index < -0.39 is 24.1 Å². The number of rotatable bonds is 3. The molecule has 1 N–H and O–H groups in total. The number of carbonyl (C=O) groups is 2. The normalized spacial score (nSPS) is 23.3. The van der Waals surface area contributed by atoms with Crippen LogP contribution in [0.15, 0.2) is 30.3 Å². The molecule has 1 aliphatic rings. The molecule has 0 saturated carbocycles. The van der Waals surface area contributed by atoms with Crippen molar-refractivity contribution in [3.63, 3.8) is 0 Å². The lowest BCUT2D eigenvalue weighted by molar-refractivity contribution is -0.151. The minimum atomic E-state index is -1.10. The molecular weight excluding hydrogens is 224 g/mol. The van der Waals surface area contributed by atoms with Crippen LogP contribution in [-0.2, 0) is 14.3 Å². The maximum Gasteiger partial charge on any atom is 0.338 e. The van der Waals surface area contributed by atoms with E-state index in [1.165, 1.54) is 0 Å². The van der Waals surface area contributed by atoms with Gasteiger partial charge < -0.3 is 14.6 Å². The molecule has 0 aromatic heterocycles. The van der Waals surface area contributed by atoms with Gasteiger partial charge in [-0.1, -0.05) is 18.2 Å². The van der Waals surface area contributed by atoms with Crippen LogP contribution in [0.2, 0.25) is 0 Å². The fourth-order valence-corrected chi connectivity index (χ4v) is 1.70. The number of carbonyl (C=O) groups excluding carboxylic acids is 1. The molecule has 1 saturated heterocycles. The van der Waals surface area contributed by atoms with E-state index in [0.29, 0.717) is 18.6 Å². The predicted molar refractivity (Wildman–Crippen MR) is 57.6 cm³/mol. The van der Waals surface area contributed by atoms with Gasteiger partial charge in [-0.15, -0.1) is 0 Å². The second kappa shape index (κ2) is 4.97. The quantitative estimate of drug-likeness (QED) is 0.795. The van der Waals surface area contributed by atoms with E-state index >= 15 is 0 Å². The number of aliphatic carboxylic acids is 1. The number of hydrogen-bond acceptors (Lipinski definition) is 4. The lowest BCUT2D eigenvalue weighted by Gasteiger charge is -2.15. The summed E-state index contributed by atoms with van der Waals surface area (Å²) in [5.74, 6) is -1.62. The molecule has 1 aliphatic heterocycles. The first-order valence-electron chi connectivity index (χ1n) is 5.29. The zero-order valence-corrected chi connectivity index (χ0v) is 9.04. The van der Waals surface area contributed by atoms with Gasteiger partial charge >= 0.3 is 11.9 Å². The largest absolute Gasteiger partial charge is 0.479 e. The SMILES string of the molecule is O=C(O[C@H]1CCO[C@H]1C(=O)O)c1ccccc1. The number of ether oxygens (including phenoxy) is 2. The maximum atomic E-state index is 11.7. The minimum absolute atomic E-state index is 0.295. The van der Waals surface area contributed by atoms with Crippen LogP contribution in [0.3, 0.4) is 0 Å². The lowest BCUT2D eigenvalue weighted by Crippen LogP contribution is -2.33. The Morgan fingerprint density at radius 1 is 1.29 bits per heavy atom. The van der Waals surface area contributed by atoms with Crippen molar-refractivity contribution in [2.75, 3.05) is 6.61 Å². The summed E-state index contributed by atoms with van der Waals surface area (Å²) in [7, 11) is 0. The van der Waals surface area contributed by atoms with Crippen LogP contribution in [0.1, 0.15) is 16.8 Å². The van der Waals surface area contributed by atoms with Gasteiger partial charge in [0.2, 0.25) is 0 Å². The molecule has 1 fully saturated rings. The maximum absolute atomic E-state index is 11.7. The monoisotopic (exact) mass is 236 g/mol. The van der Waals surface area contributed by atoms with Gasteiger partial charge in [0.15, 0.2) is 6.10 Å². The molecule has 2 rings (SSSR count). The number of esters is 1. The van der Waals surface area contributed by atoms with Crippen LogP contribution in [0.4, 0.5) is 0 Å². The van der Waals surface area contributed by atoms with Crippen molar-refractivity contribution in [2.24, 2.45) is 0 Å². The first kappa shape index (κ1) is 11.6. The minimum Gasteiger partial charge on any atom is -0.479 e. The molecule has 0 bridgehead atoms. The molecule has 5 heteroatoms. The van der Waals surface area contributed by atoms with Crippen molar-refractivity contribution in [1.29, 1.82) is 0 Å². The Bertz CT molecular complexity index is 414. The van der Waals surface area contributed by atoms with Gasteiger partial charge in [0, 0.05) is 6.42 Å². The van der Waals surface area contributed by atoms with Crippen molar-refractivity contribution >= 4 is 11.9 Å². The molecule has 2 atom stereocenters. The highest BCUT2D eigenvalue weighted by Gasteiger charge is 2.37. The summed E-state index contributed by atoms with van der Waals surface area (Å²) < 4.78 is 10.1. The second-order valence-electron chi connectivity index (χ2n) is 3.73. The van der Waals surface area contributed by atoms with Crippen LogP contribution < -0.4 is 0 Å². The summed E-state index contributed by atoms with van der Waals surface area (Å²) in [5, 5.41) is 8.85. The molecule has 90 valence electrons. The summed E-state index contributed by atoms with van der Waals surface area (Å²) in [6.45, 7) is 0.295. The molecular formula is C12H12O5. The van der Waals surface area contributed by atoms with Crippen molar-refractivity contribution in [1.82, 2.24) is 0 Å². The molecule has 17 heavy (non-hydrogen) atoms. The van der Waals surface area contributed by atoms with Gasteiger partial charge in [-0.05, 0) is 12.1 Å². The van der Waals surface area contributed by atoms with E-state index in [0.717, 1.165) is 0 Å². The van der Waals surface area contributed by atoms with Crippen molar-refractivity contribution in [3.8, 4) is 0 Å². The van der Waals surface area contributed by atoms with Gasteiger partial charge in [0.05, 0.1) is 12.2 Å². The number of carboxylic acid groups (broad SMARTS) is 1. The Kier molecular flexibility index (Phi) is 3.39. The predicted octanol–water partition coefficient (Wildman–Crippen LogP) is 1.09. The third-order valence-corrected chi connectivity index (χ3v) is 2.55. The second-order valence-corrected chi connectivity index (χ2v) is 3.73. The highest BCUT2D eigenvalue weighted by Crippen LogP contribution is 2.19. The Balaban J connectivity index is 2.02. The van der Waals surface area contributed by atoms with Crippen molar-refractivity contribution < 1.29 is 24.2 Å². The average Bonchev–Trinajstić information content (AvgIpc) is 2.78. The lowest BCUT2D eigenvalue weighted by atomic mass is 10.2.